The molecule has 5 heteroatoms. The molecule has 4 rings (SSSR count). The molecular formula is C21H34N2OS2. The maximum absolute atomic E-state index is 10.2. The van der Waals surface area contributed by atoms with Gasteiger partial charge in [0.2, 0.25) is 0 Å². The van der Waals surface area contributed by atoms with Crippen molar-refractivity contribution in [1.82, 2.24) is 5.43 Å². The molecule has 0 heterocycles. The van der Waals surface area contributed by atoms with Crippen molar-refractivity contribution < 1.29 is 5.11 Å². The molecule has 2 N–H and O–H groups in total. The highest BCUT2D eigenvalue weighted by molar-refractivity contribution is 8.22. The molecule has 0 spiro atoms. The smallest absolute Gasteiger partial charge is 0.153 e. The van der Waals surface area contributed by atoms with Gasteiger partial charge in [-0.2, -0.15) is 5.10 Å². The average Bonchev–Trinajstić information content (AvgIpc) is 2.96. The summed E-state index contributed by atoms with van der Waals surface area (Å²) in [5.41, 5.74) is 5.21. The minimum Gasteiger partial charge on any atom is -0.393 e. The molecule has 146 valence electrons. The molecule has 0 aromatic carbocycles. The summed E-state index contributed by atoms with van der Waals surface area (Å²) < 4.78 is 0.770. The van der Waals surface area contributed by atoms with E-state index >= 15 is 0 Å². The number of rotatable bonds is 1. The highest BCUT2D eigenvalue weighted by Gasteiger charge is 2.59. The van der Waals surface area contributed by atoms with Gasteiger partial charge >= 0.3 is 0 Å². The van der Waals surface area contributed by atoms with Crippen molar-refractivity contribution in [2.75, 3.05) is 6.26 Å². The maximum Gasteiger partial charge on any atom is 0.153 e. The van der Waals surface area contributed by atoms with Crippen LogP contribution in [0.1, 0.15) is 71.6 Å². The minimum atomic E-state index is -0.0463. The lowest BCUT2D eigenvalue weighted by atomic mass is 9.45. The molecule has 4 aliphatic carbocycles. The van der Waals surface area contributed by atoms with Crippen molar-refractivity contribution in [3.63, 3.8) is 0 Å². The maximum atomic E-state index is 10.2. The molecule has 0 saturated heterocycles. The summed E-state index contributed by atoms with van der Waals surface area (Å²) in [4.78, 5) is 0. The second-order valence-electron chi connectivity index (χ2n) is 9.74. The summed E-state index contributed by atoms with van der Waals surface area (Å²) in [5, 5.41) is 14.9. The van der Waals surface area contributed by atoms with E-state index < -0.39 is 0 Å². The monoisotopic (exact) mass is 394 g/mol. The van der Waals surface area contributed by atoms with Gasteiger partial charge in [-0.05, 0) is 93.1 Å². The molecule has 26 heavy (non-hydrogen) atoms. The lowest BCUT2D eigenvalue weighted by Gasteiger charge is -2.60. The van der Waals surface area contributed by atoms with E-state index in [9.17, 15) is 5.11 Å². The predicted octanol–water partition coefficient (Wildman–Crippen LogP) is 4.98. The number of fused-ring (bicyclic) bond motifs is 5. The average molecular weight is 395 g/mol. The van der Waals surface area contributed by atoms with Crippen LogP contribution in [0.3, 0.4) is 0 Å². The van der Waals surface area contributed by atoms with Crippen molar-refractivity contribution in [3.05, 3.63) is 0 Å². The number of hydrogen-bond donors (Lipinski definition) is 2. The van der Waals surface area contributed by atoms with Crippen molar-refractivity contribution in [2.45, 2.75) is 77.7 Å². The molecule has 0 bridgehead atoms. The zero-order valence-corrected chi connectivity index (χ0v) is 18.1. The first kappa shape index (κ1) is 19.2. The molecule has 4 unspecified atom stereocenters. The molecule has 0 aromatic heterocycles. The number of aliphatic hydroxyl groups is 1. The molecule has 4 aliphatic rings. The Bertz CT molecular complexity index is 609. The third kappa shape index (κ3) is 2.97. The number of hydrogen-bond acceptors (Lipinski definition) is 4. The Morgan fingerprint density at radius 1 is 1.15 bits per heavy atom. The molecule has 0 radical (unpaired) electrons. The number of thiocarbonyl (C=S) groups is 1. The van der Waals surface area contributed by atoms with Crippen LogP contribution in [0, 0.1) is 34.5 Å². The van der Waals surface area contributed by atoms with Gasteiger partial charge in [0.05, 0.1) is 6.10 Å². The summed E-state index contributed by atoms with van der Waals surface area (Å²) in [6.07, 6.45) is 13.0. The first-order valence-corrected chi connectivity index (χ1v) is 12.1. The zero-order valence-electron chi connectivity index (χ0n) is 16.5. The van der Waals surface area contributed by atoms with Gasteiger partial charge in [-0.25, -0.2) is 0 Å². The second kappa shape index (κ2) is 7.04. The molecule has 4 fully saturated rings. The van der Waals surface area contributed by atoms with E-state index in [0.717, 1.165) is 47.3 Å². The fourth-order valence-electron chi connectivity index (χ4n) is 7.37. The highest BCUT2D eigenvalue weighted by Crippen LogP contribution is 2.65. The lowest BCUT2D eigenvalue weighted by molar-refractivity contribution is -0.113. The minimum absolute atomic E-state index is 0.0463. The van der Waals surface area contributed by atoms with Crippen LogP contribution in [0.2, 0.25) is 0 Å². The number of hydrazone groups is 1. The summed E-state index contributed by atoms with van der Waals surface area (Å²) >= 11 is 6.84. The van der Waals surface area contributed by atoms with E-state index in [1.54, 1.807) is 11.8 Å². The van der Waals surface area contributed by atoms with E-state index in [0.29, 0.717) is 5.41 Å². The number of nitrogens with zero attached hydrogens (tertiary/aromatic N) is 1. The zero-order chi connectivity index (χ0) is 18.5. The second-order valence-corrected chi connectivity index (χ2v) is 11.2. The Morgan fingerprint density at radius 2 is 1.96 bits per heavy atom. The van der Waals surface area contributed by atoms with E-state index in [4.69, 9.17) is 17.3 Å². The van der Waals surface area contributed by atoms with Crippen molar-refractivity contribution in [2.24, 2.45) is 39.6 Å². The fourth-order valence-corrected chi connectivity index (χ4v) is 7.55. The first-order chi connectivity index (χ1) is 12.4. The molecule has 0 aliphatic heterocycles. The molecule has 4 saturated carbocycles. The standard InChI is InChI=1S/C21H34N2OS2/c1-20-10-8-14(24)12-13(20)4-5-15-16-6-7-18(22-23-19(25)26-3)21(16,2)11-9-17(15)20/h13-17,24H,4-12H2,1-3H3,(H,23,25)/b22-18+/t13?,14?,15?,16-,17?,20-,21-/m0/s1. The summed E-state index contributed by atoms with van der Waals surface area (Å²) in [5.74, 6) is 3.23. The van der Waals surface area contributed by atoms with Gasteiger partial charge in [-0.3, -0.25) is 5.43 Å². The lowest BCUT2D eigenvalue weighted by Crippen LogP contribution is -2.54. The van der Waals surface area contributed by atoms with Gasteiger partial charge in [-0.1, -0.05) is 37.8 Å². The Balaban J connectivity index is 1.55. The van der Waals surface area contributed by atoms with Gasteiger partial charge in [0, 0.05) is 11.1 Å². The molecule has 7 atom stereocenters. The van der Waals surface area contributed by atoms with E-state index in [2.05, 4.69) is 19.3 Å². The van der Waals surface area contributed by atoms with Crippen LogP contribution in [0.25, 0.3) is 0 Å². The topological polar surface area (TPSA) is 44.6 Å². The van der Waals surface area contributed by atoms with E-state index in [1.165, 1.54) is 44.2 Å². The van der Waals surface area contributed by atoms with Crippen molar-refractivity contribution in [3.8, 4) is 0 Å². The third-order valence-corrected chi connectivity index (χ3v) is 9.90. The van der Waals surface area contributed by atoms with Gasteiger partial charge in [0.15, 0.2) is 4.32 Å². The summed E-state index contributed by atoms with van der Waals surface area (Å²) in [6.45, 7) is 5.04. The Morgan fingerprint density at radius 3 is 2.73 bits per heavy atom. The van der Waals surface area contributed by atoms with Crippen LogP contribution >= 0.6 is 24.0 Å². The number of aliphatic hydroxyl groups excluding tert-OH is 1. The van der Waals surface area contributed by atoms with E-state index in [-0.39, 0.29) is 11.5 Å². The largest absolute Gasteiger partial charge is 0.393 e. The Kier molecular flexibility index (Phi) is 5.20. The quantitative estimate of drug-likeness (QED) is 0.486. The summed E-state index contributed by atoms with van der Waals surface area (Å²) in [7, 11) is 0. The SMILES string of the molecule is CSC(=S)N/N=C1\CC[C@H]2C3CCC4CC(O)CC[C@]4(C)C3CC[C@]12C. The molecule has 0 aromatic rings. The van der Waals surface area contributed by atoms with Crippen LogP contribution in [0.5, 0.6) is 0 Å². The van der Waals surface area contributed by atoms with Gasteiger partial charge in [0.25, 0.3) is 0 Å². The first-order valence-electron chi connectivity index (χ1n) is 10.5. The predicted molar refractivity (Wildman–Crippen MR) is 114 cm³/mol. The Labute approximate surface area is 168 Å². The van der Waals surface area contributed by atoms with Crippen LogP contribution < -0.4 is 5.43 Å². The fraction of sp³-hybridized carbons (Fsp3) is 0.905. The summed E-state index contributed by atoms with van der Waals surface area (Å²) in [6, 6.07) is 0. The number of nitrogens with one attached hydrogen (secondary N) is 1. The third-order valence-electron chi connectivity index (χ3n) is 8.85. The van der Waals surface area contributed by atoms with E-state index in [1.807, 2.05) is 6.26 Å². The highest BCUT2D eigenvalue weighted by atomic mass is 32.2. The van der Waals surface area contributed by atoms with Gasteiger partial charge < -0.3 is 5.11 Å². The number of thioether (sulfide) groups is 1. The van der Waals surface area contributed by atoms with Gasteiger partial charge in [0.1, 0.15) is 0 Å². The van der Waals surface area contributed by atoms with Crippen molar-refractivity contribution in [1.29, 1.82) is 0 Å². The van der Waals surface area contributed by atoms with Crippen molar-refractivity contribution >= 4 is 34.0 Å². The normalized spacial score (nSPS) is 49.2. The van der Waals surface area contributed by atoms with Crippen LogP contribution in [-0.4, -0.2) is 27.5 Å². The van der Waals surface area contributed by atoms with Gasteiger partial charge in [-0.15, -0.1) is 0 Å². The molecular weight excluding hydrogens is 360 g/mol. The van der Waals surface area contributed by atoms with Crippen LogP contribution in [0.15, 0.2) is 5.10 Å². The van der Waals surface area contributed by atoms with Crippen LogP contribution in [0.4, 0.5) is 0 Å². The Hall–Kier alpha value is -0.130. The molecule has 0 amide bonds. The van der Waals surface area contributed by atoms with Crippen LogP contribution in [-0.2, 0) is 0 Å². The molecule has 3 nitrogen and oxygen atoms in total.